The van der Waals surface area contributed by atoms with Gasteiger partial charge in [0.25, 0.3) is 0 Å². The molecule has 0 amide bonds. The molecule has 1 atom stereocenters. The van der Waals surface area contributed by atoms with E-state index in [1.54, 1.807) is 0 Å². The summed E-state index contributed by atoms with van der Waals surface area (Å²) >= 11 is 1.27. The molecule has 1 aromatic heterocycles. The molecular weight excluding hydrogens is 285 g/mol. The van der Waals surface area contributed by atoms with E-state index in [1.165, 1.54) is 11.3 Å². The van der Waals surface area contributed by atoms with Gasteiger partial charge in [-0.2, -0.15) is 0 Å². The number of fused-ring (bicyclic) bond motifs is 1. The number of hydrogen-bond acceptors (Lipinski definition) is 3. The van der Waals surface area contributed by atoms with E-state index in [1.807, 2.05) is 0 Å². The van der Waals surface area contributed by atoms with Crippen LogP contribution in [0.3, 0.4) is 0 Å². The fraction of sp³-hybridized carbons (Fsp3) is 0.357. The minimum absolute atomic E-state index is 0.148. The van der Waals surface area contributed by atoms with Gasteiger partial charge in [-0.05, 0) is 19.3 Å². The summed E-state index contributed by atoms with van der Waals surface area (Å²) < 4.78 is 40.6. The lowest BCUT2D eigenvalue weighted by Gasteiger charge is -2.18. The molecule has 20 heavy (non-hydrogen) atoms. The zero-order valence-corrected chi connectivity index (χ0v) is 11.4. The fourth-order valence-corrected chi connectivity index (χ4v) is 3.83. The fourth-order valence-electron chi connectivity index (χ4n) is 2.59. The van der Waals surface area contributed by atoms with Crippen LogP contribution in [0.1, 0.15) is 29.3 Å². The maximum atomic E-state index is 13.8. The molecule has 0 fully saturated rings. The van der Waals surface area contributed by atoms with E-state index in [2.05, 4.69) is 4.98 Å². The summed E-state index contributed by atoms with van der Waals surface area (Å²) in [6, 6.07) is 1.36. The summed E-state index contributed by atoms with van der Waals surface area (Å²) in [7, 11) is 0. The number of rotatable bonds is 2. The van der Waals surface area contributed by atoms with Crippen LogP contribution in [0.15, 0.2) is 12.1 Å². The first-order valence-corrected chi connectivity index (χ1v) is 7.26. The van der Waals surface area contributed by atoms with E-state index in [0.29, 0.717) is 18.7 Å². The van der Waals surface area contributed by atoms with Gasteiger partial charge < -0.3 is 5.73 Å². The van der Waals surface area contributed by atoms with Gasteiger partial charge in [-0.3, -0.25) is 0 Å². The van der Waals surface area contributed by atoms with Gasteiger partial charge in [-0.25, -0.2) is 18.2 Å². The van der Waals surface area contributed by atoms with Crippen LogP contribution < -0.4 is 5.73 Å². The summed E-state index contributed by atoms with van der Waals surface area (Å²) in [5.74, 6) is -2.61. The number of nitrogens with zero attached hydrogens (tertiary/aromatic N) is 1. The molecule has 0 radical (unpaired) electrons. The van der Waals surface area contributed by atoms with Crippen molar-refractivity contribution in [1.29, 1.82) is 0 Å². The smallest absolute Gasteiger partial charge is 0.139 e. The summed E-state index contributed by atoms with van der Waals surface area (Å²) in [4.78, 5) is 5.39. The van der Waals surface area contributed by atoms with Crippen molar-refractivity contribution < 1.29 is 13.2 Å². The van der Waals surface area contributed by atoms with Gasteiger partial charge in [0, 0.05) is 29.5 Å². The lowest BCUT2D eigenvalue weighted by molar-refractivity contribution is 0.545. The molecule has 1 aliphatic carbocycles. The number of hydrogen-bond donors (Lipinski definition) is 1. The second-order valence-electron chi connectivity index (χ2n) is 4.90. The summed E-state index contributed by atoms with van der Waals surface area (Å²) in [5, 5.41) is 0.269. The predicted molar refractivity (Wildman–Crippen MR) is 72.2 cm³/mol. The lowest BCUT2D eigenvalue weighted by Crippen LogP contribution is -2.17. The van der Waals surface area contributed by atoms with Crippen molar-refractivity contribution in [2.75, 3.05) is 6.54 Å². The van der Waals surface area contributed by atoms with Gasteiger partial charge in [-0.15, -0.1) is 11.3 Å². The summed E-state index contributed by atoms with van der Waals surface area (Å²) in [6.45, 7) is 0.477. The van der Waals surface area contributed by atoms with Crippen molar-refractivity contribution in [3.8, 4) is 10.6 Å². The minimum Gasteiger partial charge on any atom is -0.330 e. The van der Waals surface area contributed by atoms with Gasteiger partial charge in [0.1, 0.15) is 22.5 Å². The average Bonchev–Trinajstić information content (AvgIpc) is 2.80. The molecule has 1 heterocycles. The van der Waals surface area contributed by atoms with Gasteiger partial charge in [-0.1, -0.05) is 0 Å². The van der Waals surface area contributed by atoms with Crippen LogP contribution in [0.4, 0.5) is 13.2 Å². The standard InChI is InChI=1S/C14H13F3N2S/c15-8-4-9(16)12(10(17)5-8)14-19-13-7(6-18)2-1-3-11(13)20-14/h4-5,7H,1-3,6,18H2. The van der Waals surface area contributed by atoms with Crippen LogP contribution in [0.5, 0.6) is 0 Å². The van der Waals surface area contributed by atoms with E-state index < -0.39 is 17.5 Å². The molecule has 3 rings (SSSR count). The summed E-state index contributed by atoms with van der Waals surface area (Å²) in [6.07, 6.45) is 2.81. The highest BCUT2D eigenvalue weighted by atomic mass is 32.1. The second kappa shape index (κ2) is 5.18. The van der Waals surface area contributed by atoms with Crippen LogP contribution in [0.25, 0.3) is 10.6 Å². The van der Waals surface area contributed by atoms with Crippen LogP contribution in [0, 0.1) is 17.5 Å². The molecule has 2 aromatic rings. The number of aryl methyl sites for hydroxylation is 1. The van der Waals surface area contributed by atoms with E-state index in [0.717, 1.165) is 29.8 Å². The highest BCUT2D eigenvalue weighted by molar-refractivity contribution is 7.15. The van der Waals surface area contributed by atoms with Crippen LogP contribution in [0.2, 0.25) is 0 Å². The first kappa shape index (κ1) is 13.6. The molecule has 1 aliphatic rings. The third kappa shape index (κ3) is 2.23. The highest BCUT2D eigenvalue weighted by Crippen LogP contribution is 2.39. The molecule has 0 aliphatic heterocycles. The Labute approximate surface area is 118 Å². The van der Waals surface area contributed by atoms with Gasteiger partial charge >= 0.3 is 0 Å². The van der Waals surface area contributed by atoms with Crippen molar-refractivity contribution in [2.24, 2.45) is 5.73 Å². The number of thiazole rings is 1. The third-order valence-corrected chi connectivity index (χ3v) is 4.72. The van der Waals surface area contributed by atoms with Gasteiger partial charge in [0.2, 0.25) is 0 Å². The molecule has 2 nitrogen and oxygen atoms in total. The van der Waals surface area contributed by atoms with Gasteiger partial charge in [0.05, 0.1) is 11.3 Å². The van der Waals surface area contributed by atoms with Crippen molar-refractivity contribution in [2.45, 2.75) is 25.2 Å². The van der Waals surface area contributed by atoms with Crippen LogP contribution in [-0.4, -0.2) is 11.5 Å². The predicted octanol–water partition coefficient (Wildman–Crippen LogP) is 3.61. The highest BCUT2D eigenvalue weighted by Gasteiger charge is 2.26. The van der Waals surface area contributed by atoms with E-state index in [4.69, 9.17) is 5.73 Å². The molecule has 106 valence electrons. The number of nitrogens with two attached hydrogens (primary N) is 1. The first-order valence-electron chi connectivity index (χ1n) is 6.44. The van der Waals surface area contributed by atoms with Crippen molar-refractivity contribution in [3.63, 3.8) is 0 Å². The quantitative estimate of drug-likeness (QED) is 0.920. The van der Waals surface area contributed by atoms with Crippen LogP contribution >= 0.6 is 11.3 Å². The summed E-state index contributed by atoms with van der Waals surface area (Å²) in [5.41, 5.74) is 6.31. The van der Waals surface area contributed by atoms with Crippen molar-refractivity contribution >= 4 is 11.3 Å². The Morgan fingerprint density at radius 2 is 1.95 bits per heavy atom. The monoisotopic (exact) mass is 298 g/mol. The van der Waals surface area contributed by atoms with E-state index in [9.17, 15) is 13.2 Å². The molecule has 0 spiro atoms. The Kier molecular flexibility index (Phi) is 3.52. The lowest BCUT2D eigenvalue weighted by atomic mass is 9.91. The largest absolute Gasteiger partial charge is 0.330 e. The normalized spacial score (nSPS) is 18.1. The SMILES string of the molecule is NCC1CCCc2sc(-c3c(F)cc(F)cc3F)nc21. The van der Waals surface area contributed by atoms with Crippen molar-refractivity contribution in [1.82, 2.24) is 4.98 Å². The molecule has 0 saturated carbocycles. The Morgan fingerprint density at radius 3 is 2.60 bits per heavy atom. The molecule has 1 unspecified atom stereocenters. The Bertz CT molecular complexity index is 631. The zero-order valence-electron chi connectivity index (χ0n) is 10.6. The Morgan fingerprint density at radius 1 is 1.25 bits per heavy atom. The Hall–Kier alpha value is -1.40. The third-order valence-electron chi connectivity index (χ3n) is 3.58. The molecule has 0 bridgehead atoms. The molecule has 1 aromatic carbocycles. The number of aromatic nitrogens is 1. The maximum Gasteiger partial charge on any atom is 0.139 e. The Balaban J connectivity index is 2.11. The first-order chi connectivity index (χ1) is 9.60. The maximum absolute atomic E-state index is 13.8. The molecule has 6 heteroatoms. The van der Waals surface area contributed by atoms with E-state index >= 15 is 0 Å². The van der Waals surface area contributed by atoms with Crippen LogP contribution in [-0.2, 0) is 6.42 Å². The molecule has 0 saturated heterocycles. The van der Waals surface area contributed by atoms with E-state index in [-0.39, 0.29) is 16.5 Å². The zero-order chi connectivity index (χ0) is 14.3. The van der Waals surface area contributed by atoms with Gasteiger partial charge in [0.15, 0.2) is 0 Å². The molecular formula is C14H13F3N2S. The molecule has 2 N–H and O–H groups in total. The second-order valence-corrected chi connectivity index (χ2v) is 5.98. The minimum atomic E-state index is -0.926. The number of halogens is 3. The topological polar surface area (TPSA) is 38.9 Å². The number of benzene rings is 1. The van der Waals surface area contributed by atoms with Crippen molar-refractivity contribution in [3.05, 3.63) is 40.2 Å². The average molecular weight is 298 g/mol.